The number of urea groups is 1. The van der Waals surface area contributed by atoms with Crippen molar-refractivity contribution in [3.8, 4) is 5.75 Å². The van der Waals surface area contributed by atoms with Gasteiger partial charge in [0.1, 0.15) is 5.75 Å². The van der Waals surface area contributed by atoms with Gasteiger partial charge in [-0.15, -0.1) is 0 Å². The lowest BCUT2D eigenvalue weighted by Gasteiger charge is -2.18. The Morgan fingerprint density at radius 1 is 1.29 bits per heavy atom. The second kappa shape index (κ2) is 6.97. The Hall–Kier alpha value is -2.24. The van der Waals surface area contributed by atoms with Gasteiger partial charge in [0, 0.05) is 11.7 Å². The first-order chi connectivity index (χ1) is 10.1. The Morgan fingerprint density at radius 2 is 2.00 bits per heavy atom. The van der Waals surface area contributed by atoms with Gasteiger partial charge in [-0.25, -0.2) is 4.79 Å². The van der Waals surface area contributed by atoms with Crippen molar-refractivity contribution < 1.29 is 19.4 Å². The Labute approximate surface area is 123 Å². The van der Waals surface area contributed by atoms with Gasteiger partial charge >= 0.3 is 12.0 Å². The van der Waals surface area contributed by atoms with Gasteiger partial charge in [0.25, 0.3) is 0 Å². The van der Waals surface area contributed by atoms with Crippen LogP contribution in [0.5, 0.6) is 5.75 Å². The third-order valence-corrected chi connectivity index (χ3v) is 3.57. The van der Waals surface area contributed by atoms with Crippen molar-refractivity contribution in [2.75, 3.05) is 11.9 Å². The molecule has 1 aliphatic rings. The molecule has 0 spiro atoms. The number of carboxylic acid groups (broad SMARTS) is 1. The number of ether oxygens (including phenoxy) is 1. The smallest absolute Gasteiger partial charge is 0.319 e. The fraction of sp³-hybridized carbons (Fsp3) is 0.467. The second-order valence-electron chi connectivity index (χ2n) is 5.04. The molecule has 1 aliphatic carbocycles. The summed E-state index contributed by atoms with van der Waals surface area (Å²) in [6.45, 7) is 2.49. The lowest BCUT2D eigenvalue weighted by Crippen LogP contribution is -2.42. The lowest BCUT2D eigenvalue weighted by atomic mass is 10.0. The number of carboxylic acids is 1. The van der Waals surface area contributed by atoms with Crippen LogP contribution in [0.2, 0.25) is 0 Å². The summed E-state index contributed by atoms with van der Waals surface area (Å²) in [5, 5.41) is 14.5. The summed E-state index contributed by atoms with van der Waals surface area (Å²) >= 11 is 0. The SMILES string of the molecule is CCOc1ccc(NC(=O)NC2CCCC2C(=O)O)cc1. The highest BCUT2D eigenvalue weighted by molar-refractivity contribution is 5.90. The van der Waals surface area contributed by atoms with Crippen molar-refractivity contribution >= 4 is 17.7 Å². The molecular formula is C15H20N2O4. The largest absolute Gasteiger partial charge is 0.494 e. The molecule has 114 valence electrons. The van der Waals surface area contributed by atoms with Crippen LogP contribution in [0.25, 0.3) is 0 Å². The van der Waals surface area contributed by atoms with Crippen molar-refractivity contribution in [2.45, 2.75) is 32.2 Å². The van der Waals surface area contributed by atoms with Crippen molar-refractivity contribution in [2.24, 2.45) is 5.92 Å². The zero-order chi connectivity index (χ0) is 15.2. The maximum Gasteiger partial charge on any atom is 0.319 e. The summed E-state index contributed by atoms with van der Waals surface area (Å²) in [7, 11) is 0. The fourth-order valence-corrected chi connectivity index (χ4v) is 2.57. The molecule has 0 bridgehead atoms. The molecule has 1 aromatic carbocycles. The number of hydrogen-bond acceptors (Lipinski definition) is 3. The number of rotatable bonds is 5. The van der Waals surface area contributed by atoms with E-state index in [1.807, 2.05) is 6.92 Å². The Kier molecular flexibility index (Phi) is 5.03. The molecule has 2 unspecified atom stereocenters. The molecule has 1 fully saturated rings. The summed E-state index contributed by atoms with van der Waals surface area (Å²) in [6.07, 6.45) is 2.14. The van der Waals surface area contributed by atoms with E-state index in [-0.39, 0.29) is 12.1 Å². The van der Waals surface area contributed by atoms with Crippen LogP contribution in [0.4, 0.5) is 10.5 Å². The number of anilines is 1. The first kappa shape index (κ1) is 15.2. The van der Waals surface area contributed by atoms with E-state index >= 15 is 0 Å². The van der Waals surface area contributed by atoms with E-state index in [1.54, 1.807) is 24.3 Å². The van der Waals surface area contributed by atoms with Crippen LogP contribution < -0.4 is 15.4 Å². The molecule has 1 aromatic rings. The zero-order valence-corrected chi connectivity index (χ0v) is 12.0. The summed E-state index contributed by atoms with van der Waals surface area (Å²) in [6, 6.07) is 6.35. The maximum absolute atomic E-state index is 11.9. The molecular weight excluding hydrogens is 272 g/mol. The highest BCUT2D eigenvalue weighted by Crippen LogP contribution is 2.26. The third kappa shape index (κ3) is 4.11. The predicted molar refractivity (Wildman–Crippen MR) is 78.5 cm³/mol. The number of carbonyl (C=O) groups is 2. The summed E-state index contributed by atoms with van der Waals surface area (Å²) < 4.78 is 5.32. The van der Waals surface area contributed by atoms with Crippen LogP contribution in [-0.2, 0) is 4.79 Å². The van der Waals surface area contributed by atoms with E-state index in [1.165, 1.54) is 0 Å². The van der Waals surface area contributed by atoms with Crippen molar-refractivity contribution in [1.29, 1.82) is 0 Å². The fourth-order valence-electron chi connectivity index (χ4n) is 2.57. The molecule has 0 heterocycles. The highest BCUT2D eigenvalue weighted by atomic mass is 16.5. The molecule has 6 heteroatoms. The summed E-state index contributed by atoms with van der Waals surface area (Å²) in [4.78, 5) is 23.0. The second-order valence-corrected chi connectivity index (χ2v) is 5.04. The van der Waals surface area contributed by atoms with Crippen LogP contribution in [0, 0.1) is 5.92 Å². The molecule has 2 amide bonds. The molecule has 0 aliphatic heterocycles. The zero-order valence-electron chi connectivity index (χ0n) is 12.0. The number of benzene rings is 1. The van der Waals surface area contributed by atoms with Gasteiger partial charge < -0.3 is 20.5 Å². The van der Waals surface area contributed by atoms with Gasteiger partial charge in [-0.3, -0.25) is 4.79 Å². The average molecular weight is 292 g/mol. The van der Waals surface area contributed by atoms with E-state index < -0.39 is 11.9 Å². The Morgan fingerprint density at radius 3 is 2.62 bits per heavy atom. The molecule has 3 N–H and O–H groups in total. The van der Waals surface area contributed by atoms with E-state index in [0.717, 1.165) is 12.2 Å². The van der Waals surface area contributed by atoms with Gasteiger partial charge in [0.15, 0.2) is 0 Å². The molecule has 0 saturated heterocycles. The van der Waals surface area contributed by atoms with Crippen molar-refractivity contribution in [3.05, 3.63) is 24.3 Å². The number of amides is 2. The number of aliphatic carboxylic acids is 1. The molecule has 0 aromatic heterocycles. The standard InChI is InChI=1S/C15H20N2O4/c1-2-21-11-8-6-10(7-9-11)16-15(20)17-13-5-3-4-12(13)14(18)19/h6-9,12-13H,2-5H2,1H3,(H,18,19)(H2,16,17,20). The van der Waals surface area contributed by atoms with Crippen LogP contribution >= 0.6 is 0 Å². The minimum Gasteiger partial charge on any atom is -0.494 e. The van der Waals surface area contributed by atoms with Crippen LogP contribution in [0.3, 0.4) is 0 Å². The van der Waals surface area contributed by atoms with Gasteiger partial charge in [0.05, 0.1) is 12.5 Å². The number of hydrogen-bond donors (Lipinski definition) is 3. The van der Waals surface area contributed by atoms with Gasteiger partial charge in [-0.1, -0.05) is 6.42 Å². The van der Waals surface area contributed by atoms with E-state index in [0.29, 0.717) is 25.1 Å². The minimum absolute atomic E-state index is 0.301. The van der Waals surface area contributed by atoms with Gasteiger partial charge in [-0.2, -0.15) is 0 Å². The molecule has 6 nitrogen and oxygen atoms in total. The normalized spacial score (nSPS) is 20.8. The lowest BCUT2D eigenvalue weighted by molar-refractivity contribution is -0.142. The Balaban J connectivity index is 1.88. The van der Waals surface area contributed by atoms with E-state index in [2.05, 4.69) is 10.6 Å². The quantitative estimate of drug-likeness (QED) is 0.778. The average Bonchev–Trinajstić information content (AvgIpc) is 2.89. The van der Waals surface area contributed by atoms with Gasteiger partial charge in [0.2, 0.25) is 0 Å². The van der Waals surface area contributed by atoms with Crippen LogP contribution in [0.1, 0.15) is 26.2 Å². The van der Waals surface area contributed by atoms with Crippen molar-refractivity contribution in [1.82, 2.24) is 5.32 Å². The van der Waals surface area contributed by atoms with Gasteiger partial charge in [-0.05, 0) is 44.0 Å². The highest BCUT2D eigenvalue weighted by Gasteiger charge is 2.33. The summed E-state index contributed by atoms with van der Waals surface area (Å²) in [5.41, 5.74) is 0.640. The number of carbonyl (C=O) groups excluding carboxylic acids is 1. The Bertz CT molecular complexity index is 501. The topological polar surface area (TPSA) is 87.7 Å². The molecule has 1 saturated carbocycles. The minimum atomic E-state index is -0.848. The molecule has 0 radical (unpaired) electrons. The predicted octanol–water partition coefficient (Wildman–Crippen LogP) is 2.46. The monoisotopic (exact) mass is 292 g/mol. The van der Waals surface area contributed by atoms with Crippen molar-refractivity contribution in [3.63, 3.8) is 0 Å². The first-order valence-corrected chi connectivity index (χ1v) is 7.13. The molecule has 21 heavy (non-hydrogen) atoms. The van der Waals surface area contributed by atoms with Crippen LogP contribution in [0.15, 0.2) is 24.3 Å². The first-order valence-electron chi connectivity index (χ1n) is 7.13. The van der Waals surface area contributed by atoms with E-state index in [9.17, 15) is 9.59 Å². The molecule has 2 rings (SSSR count). The third-order valence-electron chi connectivity index (χ3n) is 3.57. The van der Waals surface area contributed by atoms with E-state index in [4.69, 9.17) is 9.84 Å². The number of nitrogens with one attached hydrogen (secondary N) is 2. The molecule has 2 atom stereocenters. The summed E-state index contributed by atoms with van der Waals surface area (Å²) in [5.74, 6) is -0.597. The van der Waals surface area contributed by atoms with Crippen LogP contribution in [-0.4, -0.2) is 29.8 Å². The maximum atomic E-state index is 11.9.